The number of rotatable bonds is 2. The van der Waals surface area contributed by atoms with Crippen molar-refractivity contribution in [2.24, 2.45) is 0 Å². The first-order valence-corrected chi connectivity index (χ1v) is 5.87. The van der Waals surface area contributed by atoms with Crippen molar-refractivity contribution in [3.05, 3.63) is 60.4 Å². The first kappa shape index (κ1) is 12.3. The van der Waals surface area contributed by atoms with Gasteiger partial charge in [0.05, 0.1) is 23.8 Å². The number of benzene rings is 1. The summed E-state index contributed by atoms with van der Waals surface area (Å²) in [5.41, 5.74) is 7.30. The fraction of sp³-hybridized carbons (Fsp3) is 0. The third-order valence-corrected chi connectivity index (χ3v) is 2.81. The van der Waals surface area contributed by atoms with Crippen LogP contribution in [0.15, 0.2) is 48.8 Å². The highest BCUT2D eigenvalue weighted by Crippen LogP contribution is 2.24. The Kier molecular flexibility index (Phi) is 2.90. The third-order valence-electron chi connectivity index (χ3n) is 2.81. The fourth-order valence-corrected chi connectivity index (χ4v) is 1.86. The van der Waals surface area contributed by atoms with Gasteiger partial charge in [-0.2, -0.15) is 5.10 Å². The summed E-state index contributed by atoms with van der Waals surface area (Å²) in [4.78, 5) is 3.91. The van der Waals surface area contributed by atoms with Crippen LogP contribution in [-0.4, -0.2) is 14.8 Å². The molecule has 0 saturated heterocycles. The monoisotopic (exact) mass is 272 g/mol. The van der Waals surface area contributed by atoms with E-state index in [0.29, 0.717) is 17.1 Å². The van der Waals surface area contributed by atoms with Crippen molar-refractivity contribution in [3.8, 4) is 17.1 Å². The number of hydrogen-bond acceptors (Lipinski definition) is 3. The van der Waals surface area contributed by atoms with E-state index in [1.807, 2.05) is 0 Å². The molecule has 100 valence electrons. The number of para-hydroxylation sites is 1. The average Bonchev–Trinajstić information content (AvgIpc) is 2.82. The van der Waals surface area contributed by atoms with Crippen LogP contribution in [0.2, 0.25) is 0 Å². The normalized spacial score (nSPS) is 10.7. The molecule has 1 aromatic carbocycles. The van der Waals surface area contributed by atoms with Gasteiger partial charge in [0.25, 0.3) is 0 Å². The molecule has 0 saturated carbocycles. The van der Waals surface area contributed by atoms with E-state index in [1.165, 1.54) is 29.1 Å². The Balaban J connectivity index is 2.08. The van der Waals surface area contributed by atoms with E-state index in [1.54, 1.807) is 18.2 Å². The van der Waals surface area contributed by atoms with Gasteiger partial charge in [0.15, 0.2) is 0 Å². The summed E-state index contributed by atoms with van der Waals surface area (Å²) >= 11 is 0. The quantitative estimate of drug-likeness (QED) is 0.780. The number of nitrogens with two attached hydrogens (primary N) is 1. The zero-order valence-corrected chi connectivity index (χ0v) is 10.3. The van der Waals surface area contributed by atoms with Crippen LogP contribution in [0.4, 0.5) is 14.5 Å². The second-order valence-electron chi connectivity index (χ2n) is 4.19. The number of nitrogens with zero attached hydrogens (tertiary/aromatic N) is 3. The molecule has 0 bridgehead atoms. The number of nitrogen functional groups attached to an aromatic ring is 1. The molecule has 4 nitrogen and oxygen atoms in total. The number of aromatic nitrogens is 3. The summed E-state index contributed by atoms with van der Waals surface area (Å²) < 4.78 is 27.9. The maximum atomic E-state index is 13.7. The van der Waals surface area contributed by atoms with Crippen molar-refractivity contribution in [2.45, 2.75) is 0 Å². The second kappa shape index (κ2) is 4.73. The molecule has 0 radical (unpaired) electrons. The average molecular weight is 272 g/mol. The van der Waals surface area contributed by atoms with Gasteiger partial charge in [-0.25, -0.2) is 13.5 Å². The van der Waals surface area contributed by atoms with E-state index in [9.17, 15) is 8.78 Å². The molecule has 2 heterocycles. The van der Waals surface area contributed by atoms with Crippen LogP contribution in [0, 0.1) is 11.6 Å². The standard InChI is InChI=1S/C14H10F2N4/c15-9-5-6-12(18-7-9)14-11(17)8-20(19-14)13-4-2-1-3-10(13)16/h1-8H,17H2. The van der Waals surface area contributed by atoms with Gasteiger partial charge < -0.3 is 5.73 Å². The van der Waals surface area contributed by atoms with Crippen molar-refractivity contribution in [1.82, 2.24) is 14.8 Å². The van der Waals surface area contributed by atoms with Gasteiger partial charge >= 0.3 is 0 Å². The predicted molar refractivity (Wildman–Crippen MR) is 71.1 cm³/mol. The highest BCUT2D eigenvalue weighted by Gasteiger charge is 2.12. The van der Waals surface area contributed by atoms with E-state index in [4.69, 9.17) is 5.73 Å². The summed E-state index contributed by atoms with van der Waals surface area (Å²) in [6.45, 7) is 0. The number of hydrogen-bond donors (Lipinski definition) is 1. The van der Waals surface area contributed by atoms with E-state index < -0.39 is 11.6 Å². The molecule has 2 aromatic heterocycles. The van der Waals surface area contributed by atoms with Crippen LogP contribution >= 0.6 is 0 Å². The molecule has 0 aliphatic carbocycles. The summed E-state index contributed by atoms with van der Waals surface area (Å²) in [5.74, 6) is -0.852. The Bertz CT molecular complexity index is 750. The molecule has 20 heavy (non-hydrogen) atoms. The molecule has 0 aliphatic rings. The molecule has 0 fully saturated rings. The number of pyridine rings is 1. The Morgan fingerprint density at radius 1 is 1.05 bits per heavy atom. The van der Waals surface area contributed by atoms with Gasteiger partial charge in [0.1, 0.15) is 23.0 Å². The van der Waals surface area contributed by atoms with Crippen molar-refractivity contribution in [2.75, 3.05) is 5.73 Å². The molecule has 3 rings (SSSR count). The highest BCUT2D eigenvalue weighted by atomic mass is 19.1. The molecule has 0 amide bonds. The van der Waals surface area contributed by atoms with Gasteiger partial charge in [-0.15, -0.1) is 0 Å². The Morgan fingerprint density at radius 3 is 2.55 bits per heavy atom. The van der Waals surface area contributed by atoms with Gasteiger partial charge in [0, 0.05) is 0 Å². The van der Waals surface area contributed by atoms with E-state index in [-0.39, 0.29) is 5.69 Å². The fourth-order valence-electron chi connectivity index (χ4n) is 1.86. The van der Waals surface area contributed by atoms with Gasteiger partial charge in [-0.3, -0.25) is 4.98 Å². The Hall–Kier alpha value is -2.76. The number of anilines is 1. The van der Waals surface area contributed by atoms with Crippen molar-refractivity contribution in [3.63, 3.8) is 0 Å². The minimum Gasteiger partial charge on any atom is -0.396 e. The van der Waals surface area contributed by atoms with Crippen LogP contribution in [0.3, 0.4) is 0 Å². The van der Waals surface area contributed by atoms with Gasteiger partial charge in [-0.1, -0.05) is 12.1 Å². The summed E-state index contributed by atoms with van der Waals surface area (Å²) in [6, 6.07) is 8.95. The molecule has 0 aliphatic heterocycles. The predicted octanol–water partition coefficient (Wildman–Crippen LogP) is 2.79. The van der Waals surface area contributed by atoms with Crippen LogP contribution in [0.25, 0.3) is 17.1 Å². The smallest absolute Gasteiger partial charge is 0.148 e. The minimum atomic E-state index is -0.444. The van der Waals surface area contributed by atoms with Crippen LogP contribution in [0.5, 0.6) is 0 Å². The van der Waals surface area contributed by atoms with Crippen molar-refractivity contribution < 1.29 is 8.78 Å². The zero-order valence-electron chi connectivity index (χ0n) is 10.3. The van der Waals surface area contributed by atoms with E-state index in [0.717, 1.165) is 6.20 Å². The molecule has 0 spiro atoms. The maximum absolute atomic E-state index is 13.7. The van der Waals surface area contributed by atoms with Crippen LogP contribution in [0.1, 0.15) is 0 Å². The Labute approximate surface area is 113 Å². The summed E-state index contributed by atoms with van der Waals surface area (Å²) in [6.07, 6.45) is 2.58. The minimum absolute atomic E-state index is 0.285. The Morgan fingerprint density at radius 2 is 1.85 bits per heavy atom. The van der Waals surface area contributed by atoms with E-state index in [2.05, 4.69) is 10.1 Å². The van der Waals surface area contributed by atoms with Gasteiger partial charge in [-0.05, 0) is 24.3 Å². The molecule has 0 atom stereocenters. The SMILES string of the molecule is Nc1cn(-c2ccccc2F)nc1-c1ccc(F)cn1. The molecule has 0 unspecified atom stereocenters. The highest BCUT2D eigenvalue weighted by molar-refractivity contribution is 5.69. The van der Waals surface area contributed by atoms with Gasteiger partial charge in [0.2, 0.25) is 0 Å². The third kappa shape index (κ3) is 2.11. The molecular weight excluding hydrogens is 262 g/mol. The largest absolute Gasteiger partial charge is 0.396 e. The topological polar surface area (TPSA) is 56.7 Å². The van der Waals surface area contributed by atoms with Crippen LogP contribution < -0.4 is 5.73 Å². The lowest BCUT2D eigenvalue weighted by molar-refractivity contribution is 0.611. The molecule has 6 heteroatoms. The van der Waals surface area contributed by atoms with Crippen LogP contribution in [-0.2, 0) is 0 Å². The second-order valence-corrected chi connectivity index (χ2v) is 4.19. The molecule has 3 aromatic rings. The van der Waals surface area contributed by atoms with Crippen molar-refractivity contribution >= 4 is 5.69 Å². The maximum Gasteiger partial charge on any atom is 0.148 e. The zero-order chi connectivity index (χ0) is 14.1. The number of halogens is 2. The molecule has 2 N–H and O–H groups in total. The summed E-state index contributed by atoms with van der Waals surface area (Å²) in [5, 5.41) is 4.21. The van der Waals surface area contributed by atoms with E-state index >= 15 is 0 Å². The first-order chi connectivity index (χ1) is 9.65. The lowest BCUT2D eigenvalue weighted by atomic mass is 10.2. The molecular formula is C14H10F2N4. The van der Waals surface area contributed by atoms with Crippen molar-refractivity contribution in [1.29, 1.82) is 0 Å². The first-order valence-electron chi connectivity index (χ1n) is 5.87. The summed E-state index contributed by atoms with van der Waals surface area (Å²) in [7, 11) is 0. The lowest BCUT2D eigenvalue weighted by Crippen LogP contribution is -1.98. The lowest BCUT2D eigenvalue weighted by Gasteiger charge is -2.01.